The molecule has 4 rings (SSSR count). The number of dihydropyridines is 1. The van der Waals surface area contributed by atoms with Crippen LogP contribution in [0.1, 0.15) is 69.2 Å². The van der Waals surface area contributed by atoms with Crippen LogP contribution in [0.5, 0.6) is 0 Å². The van der Waals surface area contributed by atoms with Crippen LogP contribution >= 0.6 is 0 Å². The summed E-state index contributed by atoms with van der Waals surface area (Å²) in [6, 6.07) is 8.17. The van der Waals surface area contributed by atoms with E-state index in [-0.39, 0.29) is 6.04 Å². The smallest absolute Gasteiger partial charge is 0.205 e. The molecule has 8 heteroatoms. The van der Waals surface area contributed by atoms with Crippen molar-refractivity contribution in [3.05, 3.63) is 53.1 Å². The molecule has 0 fully saturated rings. The number of aryl methyl sites for hydroxylation is 2. The van der Waals surface area contributed by atoms with Crippen LogP contribution in [0.15, 0.2) is 40.9 Å². The molecule has 0 amide bonds. The number of hydrogen-bond acceptors (Lipinski definition) is 6. The van der Waals surface area contributed by atoms with Crippen LogP contribution in [0.3, 0.4) is 0 Å². The number of allylic oxidation sites excluding steroid dienone is 1. The first-order valence-corrected chi connectivity index (χ1v) is 11.3. The SMILES string of the molecule is CCCCc1nc(CCCC)n(CC2=CCC(c3ccccc3-c3nn[nH]n3)N=C2)n1. The third kappa shape index (κ3) is 5.13. The van der Waals surface area contributed by atoms with Crippen LogP contribution in [-0.2, 0) is 19.4 Å². The third-order valence-corrected chi connectivity index (χ3v) is 5.56. The summed E-state index contributed by atoms with van der Waals surface area (Å²) < 4.78 is 2.08. The van der Waals surface area contributed by atoms with Gasteiger partial charge in [0.25, 0.3) is 0 Å². The molecule has 0 bridgehead atoms. The molecule has 1 unspecified atom stereocenters. The van der Waals surface area contributed by atoms with Crippen molar-refractivity contribution < 1.29 is 0 Å². The highest BCUT2D eigenvalue weighted by Gasteiger charge is 2.19. The molecule has 0 radical (unpaired) electrons. The second-order valence-corrected chi connectivity index (χ2v) is 7.94. The topological polar surface area (TPSA) is 97.5 Å². The number of aliphatic imine (C=N–C) groups is 1. The lowest BCUT2D eigenvalue weighted by atomic mass is 9.95. The molecular formula is C23H30N8. The Morgan fingerprint density at radius 2 is 1.94 bits per heavy atom. The highest BCUT2D eigenvalue weighted by atomic mass is 15.5. The maximum Gasteiger partial charge on any atom is 0.205 e. The zero-order valence-corrected chi connectivity index (χ0v) is 18.3. The molecule has 31 heavy (non-hydrogen) atoms. The second-order valence-electron chi connectivity index (χ2n) is 7.94. The van der Waals surface area contributed by atoms with Gasteiger partial charge in [-0.2, -0.15) is 10.3 Å². The van der Waals surface area contributed by atoms with Crippen LogP contribution in [0.2, 0.25) is 0 Å². The first-order valence-electron chi connectivity index (χ1n) is 11.3. The monoisotopic (exact) mass is 418 g/mol. The number of rotatable bonds is 10. The molecule has 0 saturated carbocycles. The van der Waals surface area contributed by atoms with E-state index in [2.05, 4.69) is 51.3 Å². The largest absolute Gasteiger partial charge is 0.284 e. The van der Waals surface area contributed by atoms with Crippen LogP contribution in [-0.4, -0.2) is 41.6 Å². The van der Waals surface area contributed by atoms with Gasteiger partial charge in [0.2, 0.25) is 5.82 Å². The Hall–Kier alpha value is -3.16. The van der Waals surface area contributed by atoms with E-state index >= 15 is 0 Å². The van der Waals surface area contributed by atoms with E-state index in [0.717, 1.165) is 74.3 Å². The summed E-state index contributed by atoms with van der Waals surface area (Å²) in [6.45, 7) is 5.13. The molecule has 1 aromatic carbocycles. The van der Waals surface area contributed by atoms with Crippen molar-refractivity contribution in [2.45, 2.75) is 71.4 Å². The molecule has 0 saturated heterocycles. The lowest BCUT2D eigenvalue weighted by Gasteiger charge is -2.18. The van der Waals surface area contributed by atoms with Crippen LogP contribution in [0.4, 0.5) is 0 Å². The summed E-state index contributed by atoms with van der Waals surface area (Å²) in [7, 11) is 0. The Morgan fingerprint density at radius 3 is 2.68 bits per heavy atom. The molecule has 8 nitrogen and oxygen atoms in total. The van der Waals surface area contributed by atoms with E-state index in [1.807, 2.05) is 24.4 Å². The number of hydrogen-bond donors (Lipinski definition) is 1. The van der Waals surface area contributed by atoms with Gasteiger partial charge in [-0.05, 0) is 35.6 Å². The van der Waals surface area contributed by atoms with Gasteiger partial charge in [-0.1, -0.05) is 57.0 Å². The van der Waals surface area contributed by atoms with E-state index in [1.165, 1.54) is 5.57 Å². The average Bonchev–Trinajstić information content (AvgIpc) is 3.47. The lowest BCUT2D eigenvalue weighted by Crippen LogP contribution is -2.12. The number of benzene rings is 1. The molecular weight excluding hydrogens is 388 g/mol. The van der Waals surface area contributed by atoms with Crippen molar-refractivity contribution in [2.75, 3.05) is 0 Å². The van der Waals surface area contributed by atoms with Crippen LogP contribution in [0, 0.1) is 0 Å². The predicted octanol–water partition coefficient (Wildman–Crippen LogP) is 4.29. The minimum absolute atomic E-state index is 0.0499. The maximum absolute atomic E-state index is 4.86. The second kappa shape index (κ2) is 10.2. The first kappa shape index (κ1) is 21.1. The fourth-order valence-corrected chi connectivity index (χ4v) is 3.83. The maximum atomic E-state index is 4.86. The number of H-pyrrole nitrogens is 1. The Kier molecular flexibility index (Phi) is 6.96. The Bertz CT molecular complexity index is 1030. The Balaban J connectivity index is 1.48. The molecule has 3 aromatic rings. The van der Waals surface area contributed by atoms with Gasteiger partial charge in [0, 0.05) is 24.6 Å². The van der Waals surface area contributed by atoms with Crippen molar-refractivity contribution in [2.24, 2.45) is 4.99 Å². The summed E-state index contributed by atoms with van der Waals surface area (Å²) in [4.78, 5) is 9.67. The average molecular weight is 419 g/mol. The lowest BCUT2D eigenvalue weighted by molar-refractivity contribution is 0.609. The number of aromatic nitrogens is 7. The van der Waals surface area contributed by atoms with Crippen molar-refractivity contribution in [1.29, 1.82) is 0 Å². The van der Waals surface area contributed by atoms with Crippen molar-refractivity contribution in [3.63, 3.8) is 0 Å². The zero-order valence-electron chi connectivity index (χ0n) is 18.3. The number of unbranched alkanes of at least 4 members (excludes halogenated alkanes) is 2. The normalized spacial score (nSPS) is 15.9. The van der Waals surface area contributed by atoms with E-state index in [4.69, 9.17) is 15.1 Å². The fraction of sp³-hybridized carbons (Fsp3) is 0.478. The summed E-state index contributed by atoms with van der Waals surface area (Å²) in [5, 5.41) is 19.3. The molecule has 1 N–H and O–H groups in total. The van der Waals surface area contributed by atoms with E-state index in [9.17, 15) is 0 Å². The van der Waals surface area contributed by atoms with E-state index in [1.54, 1.807) is 0 Å². The van der Waals surface area contributed by atoms with Gasteiger partial charge in [-0.3, -0.25) is 4.99 Å². The molecule has 2 aromatic heterocycles. The quantitative estimate of drug-likeness (QED) is 0.530. The fourth-order valence-electron chi connectivity index (χ4n) is 3.83. The summed E-state index contributed by atoms with van der Waals surface area (Å²) in [6.07, 6.45) is 11.6. The van der Waals surface area contributed by atoms with E-state index in [0.29, 0.717) is 5.82 Å². The molecule has 1 aliphatic heterocycles. The standard InChI is InChI=1S/C23H30N8/c1-3-5-11-21-25-22(12-6-4-2)31(28-21)16-17-13-14-20(24-15-17)18-9-7-8-10-19(18)23-26-29-30-27-23/h7-10,13,15,20H,3-6,11-12,14,16H2,1-2H3,(H,26,27,29,30). The van der Waals surface area contributed by atoms with Gasteiger partial charge >= 0.3 is 0 Å². The number of aromatic amines is 1. The van der Waals surface area contributed by atoms with E-state index < -0.39 is 0 Å². The first-order chi connectivity index (χ1) is 15.3. The highest BCUT2D eigenvalue weighted by Crippen LogP contribution is 2.32. The van der Waals surface area contributed by atoms with Gasteiger partial charge in [0.15, 0.2) is 5.82 Å². The Morgan fingerprint density at radius 1 is 1.10 bits per heavy atom. The predicted molar refractivity (Wildman–Crippen MR) is 121 cm³/mol. The van der Waals surface area contributed by atoms with Gasteiger partial charge in [-0.15, -0.1) is 10.2 Å². The number of nitrogens with zero attached hydrogens (tertiary/aromatic N) is 7. The number of nitrogens with one attached hydrogen (secondary N) is 1. The van der Waals surface area contributed by atoms with Crippen molar-refractivity contribution >= 4 is 6.21 Å². The van der Waals surface area contributed by atoms with Crippen molar-refractivity contribution in [1.82, 2.24) is 35.4 Å². The van der Waals surface area contributed by atoms with Crippen LogP contribution < -0.4 is 0 Å². The molecule has 1 aliphatic rings. The summed E-state index contributed by atoms with van der Waals surface area (Å²) in [5.41, 5.74) is 3.26. The highest BCUT2D eigenvalue weighted by molar-refractivity contribution is 5.80. The molecule has 3 heterocycles. The molecule has 0 aliphatic carbocycles. The van der Waals surface area contributed by atoms with Crippen molar-refractivity contribution in [3.8, 4) is 11.4 Å². The van der Waals surface area contributed by atoms with Gasteiger partial charge in [0.05, 0.1) is 12.6 Å². The van der Waals surface area contributed by atoms with Crippen LogP contribution in [0.25, 0.3) is 11.4 Å². The van der Waals surface area contributed by atoms with Gasteiger partial charge in [0.1, 0.15) is 5.82 Å². The Labute approximate surface area is 182 Å². The number of tetrazole rings is 1. The molecule has 1 atom stereocenters. The summed E-state index contributed by atoms with van der Waals surface area (Å²) in [5.74, 6) is 2.66. The minimum atomic E-state index is 0.0499. The minimum Gasteiger partial charge on any atom is -0.284 e. The molecule has 0 spiro atoms. The molecule has 162 valence electrons. The summed E-state index contributed by atoms with van der Waals surface area (Å²) >= 11 is 0. The van der Waals surface area contributed by atoms with Gasteiger partial charge in [-0.25, -0.2) is 9.67 Å². The third-order valence-electron chi connectivity index (χ3n) is 5.56. The zero-order chi connectivity index (χ0) is 21.5. The van der Waals surface area contributed by atoms with Gasteiger partial charge < -0.3 is 0 Å².